The van der Waals surface area contributed by atoms with Crippen molar-refractivity contribution in [3.8, 4) is 11.4 Å². The van der Waals surface area contributed by atoms with Gasteiger partial charge in [-0.25, -0.2) is 0 Å². The lowest BCUT2D eigenvalue weighted by atomic mass is 9.84. The summed E-state index contributed by atoms with van der Waals surface area (Å²) in [6.07, 6.45) is 0. The summed E-state index contributed by atoms with van der Waals surface area (Å²) in [7, 11) is 0. The van der Waals surface area contributed by atoms with Gasteiger partial charge in [-0.1, -0.05) is 47.6 Å². The molecule has 2 aromatic carbocycles. The van der Waals surface area contributed by atoms with E-state index in [4.69, 9.17) is 10.3 Å². The minimum absolute atomic E-state index is 0.340. The summed E-state index contributed by atoms with van der Waals surface area (Å²) < 4.78 is 5.48. The van der Waals surface area contributed by atoms with E-state index in [9.17, 15) is 0 Å². The van der Waals surface area contributed by atoms with Crippen molar-refractivity contribution in [2.45, 2.75) is 19.3 Å². The number of nitrogens with two attached hydrogens (primary N) is 1. The molecule has 106 valence electrons. The fourth-order valence-corrected chi connectivity index (χ4v) is 2.25. The molecular weight excluding hydrogens is 262 g/mol. The number of hydrogen-bond acceptors (Lipinski definition) is 4. The topological polar surface area (TPSA) is 64.9 Å². The third-order valence-electron chi connectivity index (χ3n) is 3.60. The van der Waals surface area contributed by atoms with Gasteiger partial charge in [0.15, 0.2) is 0 Å². The van der Waals surface area contributed by atoms with Gasteiger partial charge < -0.3 is 10.3 Å². The second-order valence-corrected chi connectivity index (χ2v) is 5.54. The van der Waals surface area contributed by atoms with E-state index in [0.717, 1.165) is 11.1 Å². The molecule has 0 amide bonds. The van der Waals surface area contributed by atoms with Gasteiger partial charge in [0.2, 0.25) is 11.7 Å². The van der Waals surface area contributed by atoms with Crippen LogP contribution in [0.15, 0.2) is 59.1 Å². The summed E-state index contributed by atoms with van der Waals surface area (Å²) in [5.74, 6) is 1.15. The number of benzene rings is 2. The molecule has 0 atom stereocenters. The largest absolute Gasteiger partial charge is 0.399 e. The van der Waals surface area contributed by atoms with Crippen LogP contribution in [0.3, 0.4) is 0 Å². The van der Waals surface area contributed by atoms with Crippen LogP contribution in [-0.4, -0.2) is 10.1 Å². The van der Waals surface area contributed by atoms with E-state index < -0.39 is 0 Å². The lowest BCUT2D eigenvalue weighted by molar-refractivity contribution is 0.333. The Morgan fingerprint density at radius 3 is 2.48 bits per heavy atom. The third kappa shape index (κ3) is 2.52. The van der Waals surface area contributed by atoms with Crippen molar-refractivity contribution in [3.63, 3.8) is 0 Å². The Hall–Kier alpha value is -2.62. The fourth-order valence-electron chi connectivity index (χ4n) is 2.25. The van der Waals surface area contributed by atoms with Crippen molar-refractivity contribution >= 4 is 5.69 Å². The monoisotopic (exact) mass is 279 g/mol. The first kappa shape index (κ1) is 13.4. The fraction of sp³-hybridized carbons (Fsp3) is 0.176. The second-order valence-electron chi connectivity index (χ2n) is 5.54. The second kappa shape index (κ2) is 5.05. The molecule has 3 aromatic rings. The van der Waals surface area contributed by atoms with Crippen molar-refractivity contribution < 1.29 is 4.52 Å². The van der Waals surface area contributed by atoms with Crippen LogP contribution in [0.4, 0.5) is 5.69 Å². The standard InChI is InChI=1S/C17H17N3O/c1-17(2,13-8-4-3-5-9-13)16-19-15(20-21-16)12-7-6-10-14(18)11-12/h3-11H,18H2,1-2H3. The number of rotatable bonds is 3. The number of nitrogen functional groups attached to an aromatic ring is 1. The van der Waals surface area contributed by atoms with Crippen LogP contribution >= 0.6 is 0 Å². The van der Waals surface area contributed by atoms with Gasteiger partial charge in [-0.2, -0.15) is 4.98 Å². The van der Waals surface area contributed by atoms with Crippen LogP contribution in [0, 0.1) is 0 Å². The highest BCUT2D eigenvalue weighted by molar-refractivity contribution is 5.60. The molecule has 4 nitrogen and oxygen atoms in total. The van der Waals surface area contributed by atoms with Crippen molar-refractivity contribution in [2.75, 3.05) is 5.73 Å². The lowest BCUT2D eigenvalue weighted by Gasteiger charge is -2.20. The number of aromatic nitrogens is 2. The Balaban J connectivity index is 1.98. The molecule has 1 heterocycles. The van der Waals surface area contributed by atoms with Crippen LogP contribution in [0.1, 0.15) is 25.3 Å². The molecule has 0 aliphatic carbocycles. The highest BCUT2D eigenvalue weighted by Crippen LogP contribution is 2.31. The maximum Gasteiger partial charge on any atom is 0.237 e. The van der Waals surface area contributed by atoms with E-state index in [1.165, 1.54) is 0 Å². The summed E-state index contributed by atoms with van der Waals surface area (Å²) >= 11 is 0. The molecule has 1 aromatic heterocycles. The zero-order chi connectivity index (χ0) is 14.9. The average molecular weight is 279 g/mol. The highest BCUT2D eigenvalue weighted by atomic mass is 16.5. The Morgan fingerprint density at radius 2 is 1.76 bits per heavy atom. The van der Waals surface area contributed by atoms with Gasteiger partial charge >= 0.3 is 0 Å². The van der Waals surface area contributed by atoms with Gasteiger partial charge in [-0.3, -0.25) is 0 Å². The molecule has 0 saturated carbocycles. The SMILES string of the molecule is CC(C)(c1ccccc1)c1nc(-c2cccc(N)c2)no1. The summed E-state index contributed by atoms with van der Waals surface area (Å²) in [6.45, 7) is 4.14. The molecule has 0 spiro atoms. The van der Waals surface area contributed by atoms with Gasteiger partial charge in [-0.15, -0.1) is 0 Å². The number of anilines is 1. The molecule has 0 saturated heterocycles. The maximum absolute atomic E-state index is 5.79. The Morgan fingerprint density at radius 1 is 1.00 bits per heavy atom. The molecule has 0 unspecified atom stereocenters. The Bertz CT molecular complexity index is 747. The van der Waals surface area contributed by atoms with Crippen LogP contribution in [0.25, 0.3) is 11.4 Å². The summed E-state index contributed by atoms with van der Waals surface area (Å²) in [5, 5.41) is 4.08. The van der Waals surface area contributed by atoms with Gasteiger partial charge in [0.05, 0.1) is 5.41 Å². The van der Waals surface area contributed by atoms with E-state index in [-0.39, 0.29) is 5.41 Å². The van der Waals surface area contributed by atoms with Crippen molar-refractivity contribution in [1.82, 2.24) is 10.1 Å². The van der Waals surface area contributed by atoms with Crippen molar-refractivity contribution in [2.24, 2.45) is 0 Å². The van der Waals surface area contributed by atoms with E-state index in [1.807, 2.05) is 42.5 Å². The number of nitrogens with zero attached hydrogens (tertiary/aromatic N) is 2. The van der Waals surface area contributed by atoms with E-state index in [0.29, 0.717) is 17.4 Å². The Kier molecular flexibility index (Phi) is 3.22. The van der Waals surface area contributed by atoms with Crippen LogP contribution in [0.2, 0.25) is 0 Å². The highest BCUT2D eigenvalue weighted by Gasteiger charge is 2.29. The van der Waals surface area contributed by atoms with Gasteiger partial charge in [0.1, 0.15) is 0 Å². The maximum atomic E-state index is 5.79. The molecule has 0 fully saturated rings. The first-order chi connectivity index (χ1) is 10.1. The summed E-state index contributed by atoms with van der Waals surface area (Å²) in [4.78, 5) is 4.54. The van der Waals surface area contributed by atoms with Gasteiger partial charge in [0.25, 0.3) is 0 Å². The molecule has 0 radical (unpaired) electrons. The van der Waals surface area contributed by atoms with Crippen LogP contribution < -0.4 is 5.73 Å². The molecule has 0 bridgehead atoms. The zero-order valence-electron chi connectivity index (χ0n) is 12.1. The smallest absolute Gasteiger partial charge is 0.237 e. The molecule has 0 aliphatic rings. The van der Waals surface area contributed by atoms with Crippen LogP contribution in [-0.2, 0) is 5.41 Å². The first-order valence-electron chi connectivity index (χ1n) is 6.83. The third-order valence-corrected chi connectivity index (χ3v) is 3.60. The minimum atomic E-state index is -0.340. The molecule has 2 N–H and O–H groups in total. The average Bonchev–Trinajstić information content (AvgIpc) is 2.99. The zero-order valence-corrected chi connectivity index (χ0v) is 12.1. The lowest BCUT2D eigenvalue weighted by Crippen LogP contribution is -2.19. The first-order valence-corrected chi connectivity index (χ1v) is 6.83. The Labute approximate surface area is 123 Å². The van der Waals surface area contributed by atoms with Crippen LogP contribution in [0.5, 0.6) is 0 Å². The van der Waals surface area contributed by atoms with Gasteiger partial charge in [-0.05, 0) is 31.5 Å². The summed E-state index contributed by atoms with van der Waals surface area (Å²) in [6, 6.07) is 17.6. The van der Waals surface area contributed by atoms with Crippen molar-refractivity contribution in [1.29, 1.82) is 0 Å². The minimum Gasteiger partial charge on any atom is -0.399 e. The number of hydrogen-bond donors (Lipinski definition) is 1. The van der Waals surface area contributed by atoms with E-state index in [2.05, 4.69) is 36.1 Å². The quantitative estimate of drug-likeness (QED) is 0.743. The molecule has 3 rings (SSSR count). The predicted octanol–water partition coefficient (Wildman–Crippen LogP) is 3.64. The molecular formula is C17H17N3O. The van der Waals surface area contributed by atoms with Gasteiger partial charge in [0, 0.05) is 11.3 Å². The molecule has 4 heteroatoms. The molecule has 0 aliphatic heterocycles. The molecule has 21 heavy (non-hydrogen) atoms. The normalized spacial score (nSPS) is 11.5. The predicted molar refractivity (Wildman–Crippen MR) is 82.7 cm³/mol. The van der Waals surface area contributed by atoms with E-state index in [1.54, 1.807) is 0 Å². The van der Waals surface area contributed by atoms with E-state index >= 15 is 0 Å². The van der Waals surface area contributed by atoms with Crippen molar-refractivity contribution in [3.05, 3.63) is 66.1 Å². The summed E-state index contributed by atoms with van der Waals surface area (Å²) in [5.41, 5.74) is 8.12.